The third kappa shape index (κ3) is 3.78. The fourth-order valence-corrected chi connectivity index (χ4v) is 4.27. The van der Waals surface area contributed by atoms with E-state index in [4.69, 9.17) is 19.1 Å². The highest BCUT2D eigenvalue weighted by Crippen LogP contribution is 2.34. The lowest BCUT2D eigenvalue weighted by Crippen LogP contribution is -2.21. The summed E-state index contributed by atoms with van der Waals surface area (Å²) >= 11 is 0. The molecule has 33 heavy (non-hydrogen) atoms. The predicted octanol–water partition coefficient (Wildman–Crippen LogP) is 5.88. The SMILES string of the molecule is CCN(CC)c1cc(C)c2nc3c4cc(OC)ccc4c(=Nc4ccncc4)cc-3oc2c1. The number of benzene rings is 3. The van der Waals surface area contributed by atoms with Crippen molar-refractivity contribution in [2.75, 3.05) is 25.1 Å². The number of hydrogen-bond donors (Lipinski definition) is 0. The zero-order valence-corrected chi connectivity index (χ0v) is 19.3. The molecule has 2 heterocycles. The number of methoxy groups -OCH3 is 1. The molecule has 0 radical (unpaired) electrons. The Bertz CT molecular complexity index is 1490. The fourth-order valence-electron chi connectivity index (χ4n) is 4.27. The largest absolute Gasteiger partial charge is 0.497 e. The first-order valence-electron chi connectivity index (χ1n) is 11.2. The van der Waals surface area contributed by atoms with Crippen LogP contribution in [0.3, 0.4) is 0 Å². The smallest absolute Gasteiger partial charge is 0.155 e. The van der Waals surface area contributed by atoms with Gasteiger partial charge in [0.15, 0.2) is 11.3 Å². The molecule has 0 amide bonds. The van der Waals surface area contributed by atoms with Gasteiger partial charge in [-0.3, -0.25) is 4.98 Å². The van der Waals surface area contributed by atoms with E-state index in [2.05, 4.69) is 42.8 Å². The molecule has 0 saturated carbocycles. The number of fused-ring (bicyclic) bond motifs is 4. The zero-order valence-electron chi connectivity index (χ0n) is 19.3. The van der Waals surface area contributed by atoms with Gasteiger partial charge in [0, 0.05) is 54.1 Å². The second-order valence-corrected chi connectivity index (χ2v) is 7.97. The standard InChI is InChI=1S/C27H26N4O2/c1-5-31(6-2)19-13-17(3)26-24(14-19)33-25-16-23(29-18-9-11-28-12-10-18)21-8-7-20(32-4)15-22(21)27(25)30-26/h7-16H,5-6H2,1-4H3. The minimum absolute atomic E-state index is 0.687. The molecule has 0 spiro atoms. The van der Waals surface area contributed by atoms with Crippen LogP contribution in [0, 0.1) is 6.92 Å². The second kappa shape index (κ2) is 8.54. The van der Waals surface area contributed by atoms with Crippen LogP contribution < -0.4 is 15.0 Å². The number of aromatic nitrogens is 2. The second-order valence-electron chi connectivity index (χ2n) is 7.97. The van der Waals surface area contributed by atoms with Gasteiger partial charge in [0.1, 0.15) is 17.0 Å². The summed E-state index contributed by atoms with van der Waals surface area (Å²) in [5, 5.41) is 2.74. The van der Waals surface area contributed by atoms with E-state index in [-0.39, 0.29) is 0 Å². The van der Waals surface area contributed by atoms with Crippen molar-refractivity contribution < 1.29 is 9.15 Å². The van der Waals surface area contributed by atoms with E-state index >= 15 is 0 Å². The molecule has 1 aliphatic carbocycles. The number of pyridine rings is 1. The van der Waals surface area contributed by atoms with Gasteiger partial charge >= 0.3 is 0 Å². The summed E-state index contributed by atoms with van der Waals surface area (Å²) in [7, 11) is 1.67. The first-order valence-corrected chi connectivity index (χ1v) is 11.2. The number of nitrogens with zero attached hydrogens (tertiary/aromatic N) is 4. The van der Waals surface area contributed by atoms with Crippen molar-refractivity contribution >= 4 is 33.2 Å². The van der Waals surface area contributed by atoms with Gasteiger partial charge in [-0.1, -0.05) is 0 Å². The molecule has 2 aliphatic rings. The van der Waals surface area contributed by atoms with Crippen LogP contribution in [0.2, 0.25) is 0 Å². The van der Waals surface area contributed by atoms with Crippen molar-refractivity contribution in [3.05, 3.63) is 71.8 Å². The lowest BCUT2D eigenvalue weighted by Gasteiger charge is -2.22. The molecule has 166 valence electrons. The Labute approximate surface area is 192 Å². The molecule has 6 nitrogen and oxygen atoms in total. The van der Waals surface area contributed by atoms with E-state index in [0.29, 0.717) is 5.76 Å². The topological polar surface area (TPSA) is 63.8 Å². The van der Waals surface area contributed by atoms with Gasteiger partial charge in [-0.2, -0.15) is 0 Å². The average Bonchev–Trinajstić information content (AvgIpc) is 2.84. The predicted molar refractivity (Wildman–Crippen MR) is 132 cm³/mol. The number of ether oxygens (including phenoxy) is 1. The Hall–Kier alpha value is -3.93. The summed E-state index contributed by atoms with van der Waals surface area (Å²) in [6.07, 6.45) is 3.48. The summed E-state index contributed by atoms with van der Waals surface area (Å²) in [4.78, 5) is 16.3. The number of anilines is 1. The first kappa shape index (κ1) is 20.9. The molecule has 1 aromatic heterocycles. The molecule has 1 aliphatic heterocycles. The van der Waals surface area contributed by atoms with E-state index in [0.717, 1.165) is 68.7 Å². The van der Waals surface area contributed by atoms with Crippen LogP contribution in [-0.4, -0.2) is 30.2 Å². The third-order valence-electron chi connectivity index (χ3n) is 5.99. The summed E-state index contributed by atoms with van der Waals surface area (Å²) in [5.74, 6) is 1.45. The molecular formula is C27H26N4O2. The van der Waals surface area contributed by atoms with Crippen LogP contribution in [0.5, 0.6) is 5.75 Å². The Morgan fingerprint density at radius 2 is 1.76 bits per heavy atom. The molecule has 0 N–H and O–H groups in total. The quantitative estimate of drug-likeness (QED) is 0.253. The molecule has 5 rings (SSSR count). The van der Waals surface area contributed by atoms with E-state index in [1.165, 1.54) is 0 Å². The van der Waals surface area contributed by atoms with E-state index in [9.17, 15) is 0 Å². The van der Waals surface area contributed by atoms with Crippen molar-refractivity contribution in [3.8, 4) is 17.2 Å². The van der Waals surface area contributed by atoms with Crippen LogP contribution in [0.1, 0.15) is 19.4 Å². The van der Waals surface area contributed by atoms with Crippen molar-refractivity contribution in [1.29, 1.82) is 0 Å². The highest BCUT2D eigenvalue weighted by atomic mass is 16.5. The maximum atomic E-state index is 6.46. The van der Waals surface area contributed by atoms with Crippen LogP contribution in [0.4, 0.5) is 11.4 Å². The lowest BCUT2D eigenvalue weighted by molar-refractivity contribution is 0.415. The number of aryl methyl sites for hydroxylation is 1. The van der Waals surface area contributed by atoms with Gasteiger partial charge in [-0.05, 0) is 62.7 Å². The van der Waals surface area contributed by atoms with Crippen LogP contribution >= 0.6 is 0 Å². The zero-order chi connectivity index (χ0) is 22.9. The van der Waals surface area contributed by atoms with Gasteiger partial charge < -0.3 is 14.1 Å². The molecular weight excluding hydrogens is 412 g/mol. The third-order valence-corrected chi connectivity index (χ3v) is 5.99. The molecule has 0 bridgehead atoms. The molecule has 0 saturated heterocycles. The summed E-state index contributed by atoms with van der Waals surface area (Å²) in [5.41, 5.74) is 5.47. The highest BCUT2D eigenvalue weighted by Gasteiger charge is 2.18. The first-order chi connectivity index (χ1) is 16.1. The average molecular weight is 439 g/mol. The monoisotopic (exact) mass is 438 g/mol. The van der Waals surface area contributed by atoms with Crippen molar-refractivity contribution in [1.82, 2.24) is 9.97 Å². The van der Waals surface area contributed by atoms with Gasteiger partial charge in [-0.25, -0.2) is 9.98 Å². The Morgan fingerprint density at radius 3 is 2.48 bits per heavy atom. The molecule has 0 atom stereocenters. The maximum absolute atomic E-state index is 6.46. The van der Waals surface area contributed by atoms with E-state index in [1.54, 1.807) is 19.5 Å². The Kier molecular flexibility index (Phi) is 5.42. The molecule has 6 heteroatoms. The van der Waals surface area contributed by atoms with Gasteiger partial charge in [0.25, 0.3) is 0 Å². The molecule has 0 fully saturated rings. The summed E-state index contributed by atoms with van der Waals surface area (Å²) < 4.78 is 12.0. The summed E-state index contributed by atoms with van der Waals surface area (Å²) in [6, 6.07) is 16.0. The molecule has 2 aromatic carbocycles. The summed E-state index contributed by atoms with van der Waals surface area (Å²) in [6.45, 7) is 8.26. The highest BCUT2D eigenvalue weighted by molar-refractivity contribution is 5.97. The number of rotatable bonds is 5. The fraction of sp³-hybridized carbons (Fsp3) is 0.222. The lowest BCUT2D eigenvalue weighted by atomic mass is 10.0. The van der Waals surface area contributed by atoms with E-state index < -0.39 is 0 Å². The Morgan fingerprint density at radius 1 is 0.970 bits per heavy atom. The van der Waals surface area contributed by atoms with Crippen LogP contribution in [-0.2, 0) is 0 Å². The van der Waals surface area contributed by atoms with Gasteiger partial charge in [-0.15, -0.1) is 0 Å². The minimum Gasteiger partial charge on any atom is -0.497 e. The van der Waals surface area contributed by atoms with Gasteiger partial charge in [0.05, 0.1) is 18.2 Å². The van der Waals surface area contributed by atoms with Gasteiger partial charge in [0.2, 0.25) is 0 Å². The van der Waals surface area contributed by atoms with Crippen LogP contribution in [0.15, 0.2) is 70.3 Å². The minimum atomic E-state index is 0.687. The van der Waals surface area contributed by atoms with Crippen molar-refractivity contribution in [2.45, 2.75) is 20.8 Å². The molecule has 0 unspecified atom stereocenters. The van der Waals surface area contributed by atoms with Crippen LogP contribution in [0.25, 0.3) is 33.3 Å². The molecule has 3 aromatic rings. The van der Waals surface area contributed by atoms with Crippen molar-refractivity contribution in [2.24, 2.45) is 4.99 Å². The maximum Gasteiger partial charge on any atom is 0.155 e. The Balaban J connectivity index is 1.86. The number of hydrogen-bond acceptors (Lipinski definition) is 6. The van der Waals surface area contributed by atoms with Crippen molar-refractivity contribution in [3.63, 3.8) is 0 Å². The normalized spacial score (nSPS) is 12.1. The van der Waals surface area contributed by atoms with E-state index in [1.807, 2.05) is 36.4 Å².